The molecule has 0 saturated heterocycles. The number of thiophene rings is 1. The van der Waals surface area contributed by atoms with Crippen molar-refractivity contribution >= 4 is 11.3 Å². The Morgan fingerprint density at radius 3 is 2.37 bits per heavy atom. The minimum Gasteiger partial charge on any atom is -0.309 e. The molecule has 19 heavy (non-hydrogen) atoms. The van der Waals surface area contributed by atoms with Gasteiger partial charge in [-0.05, 0) is 41.5 Å². The monoisotopic (exact) mass is 273 g/mol. The summed E-state index contributed by atoms with van der Waals surface area (Å²) >= 11 is 1.84. The summed E-state index contributed by atoms with van der Waals surface area (Å²) in [5.41, 5.74) is 2.82. The molecule has 0 fully saturated rings. The van der Waals surface area contributed by atoms with Crippen molar-refractivity contribution in [3.8, 4) is 0 Å². The number of nitrogens with one attached hydrogen (secondary N) is 1. The molecule has 0 aliphatic rings. The number of rotatable bonds is 6. The maximum atomic E-state index is 3.58. The molecule has 0 radical (unpaired) electrons. The van der Waals surface area contributed by atoms with Crippen LogP contribution < -0.4 is 5.32 Å². The van der Waals surface area contributed by atoms with Crippen molar-refractivity contribution in [3.05, 3.63) is 57.8 Å². The predicted molar refractivity (Wildman–Crippen MR) is 85.0 cm³/mol. The van der Waals surface area contributed by atoms with E-state index < -0.39 is 0 Å². The summed E-state index contributed by atoms with van der Waals surface area (Å²) in [5.74, 6) is 0.607. The highest BCUT2D eigenvalue weighted by Gasteiger charge is 2.12. The summed E-state index contributed by atoms with van der Waals surface area (Å²) in [7, 11) is 0. The molecule has 1 heterocycles. The largest absolute Gasteiger partial charge is 0.309 e. The molecule has 0 spiro atoms. The molecule has 102 valence electrons. The summed E-state index contributed by atoms with van der Waals surface area (Å²) in [4.78, 5) is 1.43. The lowest BCUT2D eigenvalue weighted by molar-refractivity contribution is 0.558. The average Bonchev–Trinajstić information content (AvgIpc) is 2.92. The van der Waals surface area contributed by atoms with Crippen LogP contribution in [0.25, 0.3) is 0 Å². The van der Waals surface area contributed by atoms with E-state index in [1.54, 1.807) is 0 Å². The Labute approximate surface area is 120 Å². The maximum Gasteiger partial charge on any atom is 0.0455 e. The average molecular weight is 273 g/mol. The fourth-order valence-electron chi connectivity index (χ4n) is 2.28. The molecule has 0 aliphatic heterocycles. The van der Waals surface area contributed by atoms with Gasteiger partial charge in [-0.1, -0.05) is 51.1 Å². The predicted octanol–water partition coefficient (Wildman–Crippen LogP) is 4.76. The van der Waals surface area contributed by atoms with Gasteiger partial charge in [-0.25, -0.2) is 0 Å². The van der Waals surface area contributed by atoms with Crippen molar-refractivity contribution < 1.29 is 0 Å². The van der Waals surface area contributed by atoms with Gasteiger partial charge in [0.2, 0.25) is 0 Å². The van der Waals surface area contributed by atoms with Crippen LogP contribution in [0.4, 0.5) is 0 Å². The second kappa shape index (κ2) is 6.88. The number of likely N-dealkylation sites (N-methyl/N-ethyl adjacent to an activating group) is 1. The fourth-order valence-corrected chi connectivity index (χ4v) is 3.09. The second-order valence-electron chi connectivity index (χ2n) is 5.23. The van der Waals surface area contributed by atoms with E-state index in [0.717, 1.165) is 13.0 Å². The van der Waals surface area contributed by atoms with Crippen molar-refractivity contribution in [2.45, 2.75) is 39.2 Å². The highest BCUT2D eigenvalue weighted by molar-refractivity contribution is 7.10. The summed E-state index contributed by atoms with van der Waals surface area (Å²) < 4.78 is 0. The van der Waals surface area contributed by atoms with Gasteiger partial charge in [0.15, 0.2) is 0 Å². The zero-order valence-corrected chi connectivity index (χ0v) is 12.8. The third kappa shape index (κ3) is 3.92. The molecular weight excluding hydrogens is 250 g/mol. The van der Waals surface area contributed by atoms with E-state index in [4.69, 9.17) is 0 Å². The lowest BCUT2D eigenvalue weighted by atomic mass is 9.98. The maximum absolute atomic E-state index is 3.58. The minimum atomic E-state index is 0.440. The Hall–Kier alpha value is -1.12. The van der Waals surface area contributed by atoms with E-state index in [9.17, 15) is 0 Å². The lowest BCUT2D eigenvalue weighted by Crippen LogP contribution is -2.22. The van der Waals surface area contributed by atoms with E-state index in [-0.39, 0.29) is 0 Å². The Bertz CT molecular complexity index is 470. The van der Waals surface area contributed by atoms with Crippen LogP contribution in [0.2, 0.25) is 0 Å². The SMILES string of the molecule is CCNC(Cc1ccc(C(C)C)cc1)c1cccs1. The Morgan fingerprint density at radius 2 is 1.84 bits per heavy atom. The third-order valence-electron chi connectivity index (χ3n) is 3.42. The third-order valence-corrected chi connectivity index (χ3v) is 4.41. The van der Waals surface area contributed by atoms with Gasteiger partial charge < -0.3 is 5.32 Å². The highest BCUT2D eigenvalue weighted by Crippen LogP contribution is 2.24. The molecule has 0 amide bonds. The first kappa shape index (κ1) is 14.3. The molecule has 2 rings (SSSR count). The normalized spacial score (nSPS) is 12.8. The quantitative estimate of drug-likeness (QED) is 0.799. The molecule has 0 aliphatic carbocycles. The molecule has 2 heteroatoms. The van der Waals surface area contributed by atoms with E-state index in [1.807, 2.05) is 11.3 Å². The van der Waals surface area contributed by atoms with Gasteiger partial charge in [-0.2, -0.15) is 0 Å². The van der Waals surface area contributed by atoms with Crippen LogP contribution in [-0.4, -0.2) is 6.54 Å². The van der Waals surface area contributed by atoms with Crippen LogP contribution in [0.5, 0.6) is 0 Å². The number of hydrogen-bond donors (Lipinski definition) is 1. The van der Waals surface area contributed by atoms with E-state index >= 15 is 0 Å². The van der Waals surface area contributed by atoms with Gasteiger partial charge >= 0.3 is 0 Å². The van der Waals surface area contributed by atoms with Crippen LogP contribution in [0.1, 0.15) is 48.7 Å². The zero-order valence-electron chi connectivity index (χ0n) is 12.0. The van der Waals surface area contributed by atoms with Crippen molar-refractivity contribution in [3.63, 3.8) is 0 Å². The van der Waals surface area contributed by atoms with Crippen molar-refractivity contribution in [1.29, 1.82) is 0 Å². The first-order valence-electron chi connectivity index (χ1n) is 7.06. The van der Waals surface area contributed by atoms with E-state index in [2.05, 4.69) is 67.9 Å². The Balaban J connectivity index is 2.09. The van der Waals surface area contributed by atoms with Crippen LogP contribution in [0.15, 0.2) is 41.8 Å². The Morgan fingerprint density at radius 1 is 1.11 bits per heavy atom. The van der Waals surface area contributed by atoms with Gasteiger partial charge in [0.1, 0.15) is 0 Å². The van der Waals surface area contributed by atoms with Crippen molar-refractivity contribution in [2.75, 3.05) is 6.54 Å². The van der Waals surface area contributed by atoms with Crippen LogP contribution >= 0.6 is 11.3 Å². The molecular formula is C17H23NS. The molecule has 0 saturated carbocycles. The standard InChI is InChI=1S/C17H23NS/c1-4-18-16(17-6-5-11-19-17)12-14-7-9-15(10-8-14)13(2)3/h5-11,13,16,18H,4,12H2,1-3H3. The smallest absolute Gasteiger partial charge is 0.0455 e. The molecule has 1 unspecified atom stereocenters. The Kier molecular flexibility index (Phi) is 5.17. The summed E-state index contributed by atoms with van der Waals surface area (Å²) in [5, 5.41) is 5.74. The first-order chi connectivity index (χ1) is 9.20. The molecule has 1 aromatic carbocycles. The van der Waals surface area contributed by atoms with Gasteiger partial charge in [0.25, 0.3) is 0 Å². The van der Waals surface area contributed by atoms with Gasteiger partial charge in [-0.15, -0.1) is 11.3 Å². The fraction of sp³-hybridized carbons (Fsp3) is 0.412. The lowest BCUT2D eigenvalue weighted by Gasteiger charge is -2.17. The summed E-state index contributed by atoms with van der Waals surface area (Å²) in [6, 6.07) is 13.9. The second-order valence-corrected chi connectivity index (χ2v) is 6.21. The molecule has 1 N–H and O–H groups in total. The van der Waals surface area contributed by atoms with E-state index in [1.165, 1.54) is 16.0 Å². The zero-order chi connectivity index (χ0) is 13.7. The molecule has 0 bridgehead atoms. The van der Waals surface area contributed by atoms with Gasteiger partial charge in [0.05, 0.1) is 0 Å². The van der Waals surface area contributed by atoms with Crippen LogP contribution in [0, 0.1) is 0 Å². The topological polar surface area (TPSA) is 12.0 Å². The van der Waals surface area contributed by atoms with Crippen molar-refractivity contribution in [2.24, 2.45) is 0 Å². The molecule has 2 aromatic rings. The van der Waals surface area contributed by atoms with Crippen molar-refractivity contribution in [1.82, 2.24) is 5.32 Å². The van der Waals surface area contributed by atoms with Gasteiger partial charge in [0, 0.05) is 10.9 Å². The van der Waals surface area contributed by atoms with Crippen LogP contribution in [-0.2, 0) is 6.42 Å². The number of benzene rings is 1. The molecule has 1 nitrogen and oxygen atoms in total. The van der Waals surface area contributed by atoms with Crippen LogP contribution in [0.3, 0.4) is 0 Å². The summed E-state index contributed by atoms with van der Waals surface area (Å²) in [6.07, 6.45) is 1.06. The number of hydrogen-bond acceptors (Lipinski definition) is 2. The molecule has 1 aromatic heterocycles. The summed E-state index contributed by atoms with van der Waals surface area (Å²) in [6.45, 7) is 7.65. The van der Waals surface area contributed by atoms with Gasteiger partial charge in [-0.3, -0.25) is 0 Å². The van der Waals surface area contributed by atoms with E-state index in [0.29, 0.717) is 12.0 Å². The molecule has 1 atom stereocenters. The minimum absolute atomic E-state index is 0.440. The highest BCUT2D eigenvalue weighted by atomic mass is 32.1. The first-order valence-corrected chi connectivity index (χ1v) is 7.94.